The van der Waals surface area contributed by atoms with Gasteiger partial charge in [-0.05, 0) is 91.0 Å². The summed E-state index contributed by atoms with van der Waals surface area (Å²) in [6, 6.07) is 76.1. The Kier molecular flexibility index (Phi) is 7.65. The lowest BCUT2D eigenvalue weighted by molar-refractivity contribution is 1.13. The van der Waals surface area contributed by atoms with E-state index in [9.17, 15) is 5.26 Å². The van der Waals surface area contributed by atoms with Gasteiger partial charge in [0.15, 0.2) is 0 Å². The quantitative estimate of drug-likeness (QED) is 0.173. The number of para-hydroxylation sites is 6. The average Bonchev–Trinajstić information content (AvgIpc) is 4.09. The third-order valence-electron chi connectivity index (χ3n) is 13.7. The first-order valence-electron chi connectivity index (χ1n) is 22.3. The van der Waals surface area contributed by atoms with Gasteiger partial charge in [-0.25, -0.2) is 0 Å². The van der Waals surface area contributed by atoms with Gasteiger partial charge in [0.2, 0.25) is 0 Å². The summed E-state index contributed by atoms with van der Waals surface area (Å²) in [5.41, 5.74) is 15.5. The van der Waals surface area contributed by atoms with E-state index in [-0.39, 0.29) is 0 Å². The molecule has 0 N–H and O–H groups in total. The minimum atomic E-state index is 0.586. The smallest absolute Gasteiger partial charge is 0.0992 e. The fraction of sp³-hybridized carbons (Fsp3) is 0. The fourth-order valence-corrected chi connectivity index (χ4v) is 10.9. The van der Waals surface area contributed by atoms with Gasteiger partial charge in [0.25, 0.3) is 0 Å². The van der Waals surface area contributed by atoms with Gasteiger partial charge >= 0.3 is 0 Å². The Hall–Kier alpha value is -9.18. The van der Waals surface area contributed by atoms with Crippen molar-refractivity contribution in [1.29, 1.82) is 5.26 Å². The van der Waals surface area contributed by atoms with Crippen LogP contribution in [-0.4, -0.2) is 23.3 Å². The van der Waals surface area contributed by atoms with Gasteiger partial charge in [-0.1, -0.05) is 115 Å². The third-order valence-corrected chi connectivity index (χ3v) is 13.7. The monoisotopic (exact) mass is 840 g/mol. The van der Waals surface area contributed by atoms with Crippen molar-refractivity contribution in [2.75, 3.05) is 0 Å². The van der Waals surface area contributed by atoms with Crippen molar-refractivity contribution >= 4 is 87.2 Å². The van der Waals surface area contributed by atoms with E-state index in [0.29, 0.717) is 5.56 Å². The maximum atomic E-state index is 10.5. The second-order valence-electron chi connectivity index (χ2n) is 17.1. The van der Waals surface area contributed by atoms with Crippen molar-refractivity contribution in [1.82, 2.24) is 23.3 Å². The van der Waals surface area contributed by atoms with Crippen LogP contribution in [0.25, 0.3) is 121 Å². The van der Waals surface area contributed by atoms with E-state index in [4.69, 9.17) is 4.98 Å². The lowest BCUT2D eigenvalue weighted by Crippen LogP contribution is -2.03. The molecule has 66 heavy (non-hydrogen) atoms. The van der Waals surface area contributed by atoms with Gasteiger partial charge in [-0.2, -0.15) is 5.26 Å². The van der Waals surface area contributed by atoms with E-state index in [1.165, 1.54) is 37.8 Å². The van der Waals surface area contributed by atoms with Crippen LogP contribution >= 0.6 is 0 Å². The molecule has 0 aliphatic carbocycles. The van der Waals surface area contributed by atoms with Gasteiger partial charge in [0.05, 0.1) is 73.3 Å². The van der Waals surface area contributed by atoms with Gasteiger partial charge < -0.3 is 18.3 Å². The number of nitrogens with zero attached hydrogens (tertiary/aromatic N) is 6. The van der Waals surface area contributed by atoms with Gasteiger partial charge in [-0.3, -0.25) is 4.98 Å². The number of pyridine rings is 1. The second-order valence-corrected chi connectivity index (χ2v) is 17.1. The zero-order valence-corrected chi connectivity index (χ0v) is 35.5. The molecule has 5 heterocycles. The summed E-state index contributed by atoms with van der Waals surface area (Å²) in [5, 5.41) is 20.0. The van der Waals surface area contributed by atoms with Crippen molar-refractivity contribution < 1.29 is 0 Å². The predicted octanol–water partition coefficient (Wildman–Crippen LogP) is 15.0. The SMILES string of the molecule is N#Cc1ccc(-c2ccncc2-n2c3ccccc3c3cc4c5ccccc5n(-c5ccccc5)c4cc32)c(-n2c3ccccc3c3cc4c5ccccc5n(-c5ccccc5)c4cc32)c1. The van der Waals surface area contributed by atoms with Crippen LogP contribution < -0.4 is 0 Å². The maximum Gasteiger partial charge on any atom is 0.0992 e. The first-order valence-corrected chi connectivity index (χ1v) is 22.3. The Balaban J connectivity index is 1.07. The minimum Gasteiger partial charge on any atom is -0.309 e. The van der Waals surface area contributed by atoms with Crippen LogP contribution in [0.5, 0.6) is 0 Å². The van der Waals surface area contributed by atoms with Crippen LogP contribution in [0.2, 0.25) is 0 Å². The van der Waals surface area contributed by atoms with Crippen LogP contribution in [0.4, 0.5) is 0 Å². The standard InChI is InChI=1S/C60H36N6/c61-36-38-27-28-45(55(31-38)65-53-25-13-9-21-43(53)49-32-47-41-19-7-11-23-51(41)63(56(47)34-58(49)65)39-15-3-1-4-16-39)46-29-30-62-37-60(46)66-54-26-14-10-22-44(54)50-33-48-42-20-8-12-24-52(42)64(57(48)35-59(50)66)40-17-5-2-6-18-40/h1-35,37H. The Bertz CT molecular complexity index is 4350. The van der Waals surface area contributed by atoms with Crippen molar-refractivity contribution in [2.45, 2.75) is 0 Å². The van der Waals surface area contributed by atoms with Crippen LogP contribution in [0.15, 0.2) is 219 Å². The van der Waals surface area contributed by atoms with Crippen molar-refractivity contribution in [3.05, 3.63) is 224 Å². The molecule has 0 spiro atoms. The number of hydrogen-bond acceptors (Lipinski definition) is 2. The molecule has 0 amide bonds. The highest BCUT2D eigenvalue weighted by Crippen LogP contribution is 2.45. The van der Waals surface area contributed by atoms with E-state index in [1.54, 1.807) is 0 Å². The van der Waals surface area contributed by atoms with E-state index in [1.807, 2.05) is 18.5 Å². The zero-order chi connectivity index (χ0) is 43.5. The molecule has 0 fully saturated rings. The molecule has 306 valence electrons. The minimum absolute atomic E-state index is 0.586. The van der Waals surface area contributed by atoms with E-state index < -0.39 is 0 Å². The molecule has 14 rings (SSSR count). The van der Waals surface area contributed by atoms with Crippen LogP contribution in [0, 0.1) is 11.3 Å². The Morgan fingerprint density at radius 3 is 1.18 bits per heavy atom. The fourth-order valence-electron chi connectivity index (χ4n) is 10.9. The zero-order valence-electron chi connectivity index (χ0n) is 35.5. The van der Waals surface area contributed by atoms with Gasteiger partial charge in [0.1, 0.15) is 0 Å². The van der Waals surface area contributed by atoms with Crippen LogP contribution in [0.3, 0.4) is 0 Å². The molecule has 0 bridgehead atoms. The number of hydrogen-bond donors (Lipinski definition) is 0. The second kappa shape index (κ2) is 13.9. The highest BCUT2D eigenvalue weighted by molar-refractivity contribution is 6.21. The van der Waals surface area contributed by atoms with Crippen molar-refractivity contribution in [3.63, 3.8) is 0 Å². The summed E-state index contributed by atoms with van der Waals surface area (Å²) in [4.78, 5) is 4.83. The molecule has 0 aliphatic rings. The lowest BCUT2D eigenvalue weighted by Gasteiger charge is -2.18. The number of rotatable bonds is 5. The summed E-state index contributed by atoms with van der Waals surface area (Å²) in [7, 11) is 0. The van der Waals surface area contributed by atoms with Crippen molar-refractivity contribution in [3.8, 4) is 39.9 Å². The Morgan fingerprint density at radius 2 is 0.712 bits per heavy atom. The number of aromatic nitrogens is 5. The van der Waals surface area contributed by atoms with E-state index >= 15 is 0 Å². The van der Waals surface area contributed by atoms with Crippen molar-refractivity contribution in [2.24, 2.45) is 0 Å². The molecule has 9 aromatic carbocycles. The van der Waals surface area contributed by atoms with E-state index in [0.717, 1.165) is 83.3 Å². The van der Waals surface area contributed by atoms with Crippen LogP contribution in [0.1, 0.15) is 5.56 Å². The summed E-state index contributed by atoms with van der Waals surface area (Å²) >= 11 is 0. The topological polar surface area (TPSA) is 56.4 Å². The molecule has 6 heteroatoms. The highest BCUT2D eigenvalue weighted by atomic mass is 15.0. The first-order chi connectivity index (χ1) is 32.7. The molecular formula is C60H36N6. The number of nitriles is 1. The molecule has 0 unspecified atom stereocenters. The van der Waals surface area contributed by atoms with Gasteiger partial charge in [-0.15, -0.1) is 0 Å². The predicted molar refractivity (Wildman–Crippen MR) is 272 cm³/mol. The molecular weight excluding hydrogens is 805 g/mol. The maximum absolute atomic E-state index is 10.5. The molecule has 0 atom stereocenters. The van der Waals surface area contributed by atoms with Crippen LogP contribution in [-0.2, 0) is 0 Å². The summed E-state index contributed by atoms with van der Waals surface area (Å²) in [6.07, 6.45) is 3.88. The normalized spacial score (nSPS) is 11.9. The Morgan fingerprint density at radius 1 is 0.318 bits per heavy atom. The molecule has 14 aromatic rings. The first kappa shape index (κ1) is 36.3. The van der Waals surface area contributed by atoms with Gasteiger partial charge in [0, 0.05) is 71.8 Å². The summed E-state index contributed by atoms with van der Waals surface area (Å²) < 4.78 is 9.50. The summed E-state index contributed by atoms with van der Waals surface area (Å²) in [5.74, 6) is 0. The Labute approximate surface area is 378 Å². The molecule has 0 saturated carbocycles. The highest BCUT2D eigenvalue weighted by Gasteiger charge is 2.24. The number of fused-ring (bicyclic) bond motifs is 12. The lowest BCUT2D eigenvalue weighted by atomic mass is 10.00. The molecule has 0 saturated heterocycles. The average molecular weight is 841 g/mol. The summed E-state index contributed by atoms with van der Waals surface area (Å²) in [6.45, 7) is 0. The molecule has 0 aliphatic heterocycles. The molecule has 0 radical (unpaired) electrons. The molecule has 6 nitrogen and oxygen atoms in total. The largest absolute Gasteiger partial charge is 0.309 e. The number of benzene rings is 9. The third kappa shape index (κ3) is 5.08. The molecule has 5 aromatic heterocycles. The van der Waals surface area contributed by atoms with E-state index in [2.05, 4.69) is 225 Å².